The SMILES string of the molecule is O=C(c1ccc(O)cc1)c1sc2cc(O)ccc2c1-c1ccc(F)cc1. The number of hydrogen-bond acceptors (Lipinski definition) is 4. The average molecular weight is 364 g/mol. The largest absolute Gasteiger partial charge is 0.508 e. The fourth-order valence-corrected chi connectivity index (χ4v) is 4.11. The molecule has 0 aliphatic rings. The summed E-state index contributed by atoms with van der Waals surface area (Å²) >= 11 is 1.28. The zero-order valence-corrected chi connectivity index (χ0v) is 14.3. The van der Waals surface area contributed by atoms with Crippen LogP contribution in [-0.2, 0) is 0 Å². The Morgan fingerprint density at radius 2 is 1.50 bits per heavy atom. The minimum absolute atomic E-state index is 0.0848. The van der Waals surface area contributed by atoms with Gasteiger partial charge in [-0.15, -0.1) is 11.3 Å². The lowest BCUT2D eigenvalue weighted by atomic mass is 9.98. The zero-order valence-electron chi connectivity index (χ0n) is 13.4. The molecule has 1 aromatic heterocycles. The second-order valence-electron chi connectivity index (χ2n) is 5.87. The molecule has 1 heterocycles. The molecular formula is C21H13FO3S. The van der Waals surface area contributed by atoms with Crippen LogP contribution in [0.4, 0.5) is 4.39 Å². The molecule has 2 N–H and O–H groups in total. The van der Waals surface area contributed by atoms with E-state index in [9.17, 15) is 19.4 Å². The lowest BCUT2D eigenvalue weighted by Gasteiger charge is -2.05. The summed E-state index contributed by atoms with van der Waals surface area (Å²) in [5, 5.41) is 20.0. The average Bonchev–Trinajstić information content (AvgIpc) is 3.01. The highest BCUT2D eigenvalue weighted by molar-refractivity contribution is 7.21. The molecule has 0 fully saturated rings. The summed E-state index contributed by atoms with van der Waals surface area (Å²) in [6, 6.07) is 17.0. The van der Waals surface area contributed by atoms with Crippen molar-refractivity contribution < 1.29 is 19.4 Å². The van der Waals surface area contributed by atoms with Gasteiger partial charge in [-0.25, -0.2) is 4.39 Å². The number of carbonyl (C=O) groups excluding carboxylic acids is 1. The molecular weight excluding hydrogens is 351 g/mol. The fraction of sp³-hybridized carbons (Fsp3) is 0. The van der Waals surface area contributed by atoms with E-state index < -0.39 is 0 Å². The van der Waals surface area contributed by atoms with Gasteiger partial charge in [-0.3, -0.25) is 4.79 Å². The van der Waals surface area contributed by atoms with Crippen molar-refractivity contribution >= 4 is 27.2 Å². The summed E-state index contributed by atoms with van der Waals surface area (Å²) in [6.07, 6.45) is 0. The van der Waals surface area contributed by atoms with Crippen LogP contribution in [0.15, 0.2) is 66.7 Å². The van der Waals surface area contributed by atoms with E-state index >= 15 is 0 Å². The number of carbonyl (C=O) groups is 1. The molecule has 0 spiro atoms. The van der Waals surface area contributed by atoms with Crippen LogP contribution in [0.5, 0.6) is 11.5 Å². The Labute approximate surface area is 152 Å². The molecule has 0 saturated carbocycles. The number of thiophene rings is 1. The maximum Gasteiger partial charge on any atom is 0.203 e. The smallest absolute Gasteiger partial charge is 0.203 e. The fourth-order valence-electron chi connectivity index (χ4n) is 2.89. The highest BCUT2D eigenvalue weighted by Crippen LogP contribution is 2.41. The van der Waals surface area contributed by atoms with Crippen molar-refractivity contribution in [2.45, 2.75) is 0 Å². The number of rotatable bonds is 3. The van der Waals surface area contributed by atoms with Gasteiger partial charge in [-0.1, -0.05) is 12.1 Å². The predicted octanol–water partition coefficient (Wildman–Crippen LogP) is 5.35. The summed E-state index contributed by atoms with van der Waals surface area (Å²) in [6.45, 7) is 0. The van der Waals surface area contributed by atoms with Gasteiger partial charge in [0.05, 0.1) is 4.88 Å². The summed E-state index contributed by atoms with van der Waals surface area (Å²) in [5.41, 5.74) is 1.88. The minimum atomic E-state index is -0.350. The van der Waals surface area contributed by atoms with E-state index in [0.717, 1.165) is 15.6 Å². The number of phenolic OH excluding ortho intramolecular Hbond substituents is 2. The third-order valence-electron chi connectivity index (χ3n) is 4.14. The van der Waals surface area contributed by atoms with Gasteiger partial charge in [0.2, 0.25) is 5.78 Å². The molecule has 0 bridgehead atoms. The van der Waals surface area contributed by atoms with Gasteiger partial charge >= 0.3 is 0 Å². The molecule has 0 radical (unpaired) electrons. The van der Waals surface area contributed by atoms with Crippen LogP contribution in [0.1, 0.15) is 15.2 Å². The van der Waals surface area contributed by atoms with Crippen LogP contribution < -0.4 is 0 Å². The van der Waals surface area contributed by atoms with Crippen molar-refractivity contribution in [1.29, 1.82) is 0 Å². The Balaban J connectivity index is 1.95. The van der Waals surface area contributed by atoms with E-state index in [1.54, 1.807) is 42.5 Å². The van der Waals surface area contributed by atoms with Crippen molar-refractivity contribution in [3.05, 3.63) is 83.0 Å². The predicted molar refractivity (Wildman–Crippen MR) is 100 cm³/mol. The Bertz CT molecular complexity index is 1110. The molecule has 0 saturated heterocycles. The second-order valence-corrected chi connectivity index (χ2v) is 6.92. The molecule has 0 aliphatic carbocycles. The Morgan fingerprint density at radius 3 is 2.19 bits per heavy atom. The number of phenols is 2. The van der Waals surface area contributed by atoms with Crippen LogP contribution in [0, 0.1) is 5.82 Å². The van der Waals surface area contributed by atoms with Crippen molar-refractivity contribution in [2.75, 3.05) is 0 Å². The topological polar surface area (TPSA) is 57.5 Å². The molecule has 4 rings (SSSR count). The van der Waals surface area contributed by atoms with Crippen LogP contribution in [0.2, 0.25) is 0 Å². The van der Waals surface area contributed by atoms with Crippen LogP contribution in [-0.4, -0.2) is 16.0 Å². The standard InChI is InChI=1S/C21H13FO3S/c22-14-5-1-12(2-6-14)19-17-10-9-16(24)11-18(17)26-21(19)20(25)13-3-7-15(23)8-4-13/h1-11,23-24H. The van der Waals surface area contributed by atoms with E-state index in [0.29, 0.717) is 16.0 Å². The van der Waals surface area contributed by atoms with E-state index in [1.165, 1.54) is 35.6 Å². The molecule has 4 aromatic rings. The van der Waals surface area contributed by atoms with Crippen LogP contribution in [0.25, 0.3) is 21.2 Å². The third-order valence-corrected chi connectivity index (χ3v) is 5.29. The number of fused-ring (bicyclic) bond motifs is 1. The quantitative estimate of drug-likeness (QED) is 0.482. The summed E-state index contributed by atoms with van der Waals surface area (Å²) in [5.74, 6) is -0.336. The molecule has 5 heteroatoms. The summed E-state index contributed by atoms with van der Waals surface area (Å²) < 4.78 is 14.1. The van der Waals surface area contributed by atoms with E-state index in [1.807, 2.05) is 0 Å². The summed E-state index contributed by atoms with van der Waals surface area (Å²) in [7, 11) is 0. The molecule has 0 aliphatic heterocycles. The number of hydrogen-bond donors (Lipinski definition) is 2. The third kappa shape index (κ3) is 2.82. The summed E-state index contributed by atoms with van der Waals surface area (Å²) in [4.78, 5) is 13.6. The van der Waals surface area contributed by atoms with Gasteiger partial charge in [-0.2, -0.15) is 0 Å². The lowest BCUT2D eigenvalue weighted by Crippen LogP contribution is -2.00. The van der Waals surface area contributed by atoms with Gasteiger partial charge in [0.25, 0.3) is 0 Å². The van der Waals surface area contributed by atoms with Crippen LogP contribution >= 0.6 is 11.3 Å². The first-order valence-corrected chi connectivity index (χ1v) is 8.70. The monoisotopic (exact) mass is 364 g/mol. The minimum Gasteiger partial charge on any atom is -0.508 e. The molecule has 26 heavy (non-hydrogen) atoms. The van der Waals surface area contributed by atoms with Crippen molar-refractivity contribution in [1.82, 2.24) is 0 Å². The van der Waals surface area contributed by atoms with Gasteiger partial charge in [0.1, 0.15) is 17.3 Å². The van der Waals surface area contributed by atoms with Gasteiger partial charge < -0.3 is 10.2 Å². The number of aromatic hydroxyl groups is 2. The van der Waals surface area contributed by atoms with E-state index in [2.05, 4.69) is 0 Å². The molecule has 128 valence electrons. The van der Waals surface area contributed by atoms with Crippen molar-refractivity contribution in [3.63, 3.8) is 0 Å². The highest BCUT2D eigenvalue weighted by Gasteiger charge is 2.21. The Morgan fingerprint density at radius 1 is 0.846 bits per heavy atom. The molecule has 3 nitrogen and oxygen atoms in total. The Kier molecular flexibility index (Phi) is 3.93. The second kappa shape index (κ2) is 6.28. The Hall–Kier alpha value is -3.18. The molecule has 0 unspecified atom stereocenters. The first-order chi connectivity index (χ1) is 12.5. The first kappa shape index (κ1) is 16.3. The van der Waals surface area contributed by atoms with Crippen molar-refractivity contribution in [2.24, 2.45) is 0 Å². The molecule has 0 atom stereocenters. The van der Waals surface area contributed by atoms with Crippen molar-refractivity contribution in [3.8, 4) is 22.6 Å². The van der Waals surface area contributed by atoms with E-state index in [4.69, 9.17) is 0 Å². The molecule has 0 amide bonds. The van der Waals surface area contributed by atoms with Gasteiger partial charge in [0.15, 0.2) is 0 Å². The normalized spacial score (nSPS) is 11.0. The number of benzene rings is 3. The number of ketones is 1. The van der Waals surface area contributed by atoms with Gasteiger partial charge in [-0.05, 0) is 60.2 Å². The first-order valence-electron chi connectivity index (χ1n) is 7.88. The van der Waals surface area contributed by atoms with Crippen LogP contribution in [0.3, 0.4) is 0 Å². The van der Waals surface area contributed by atoms with E-state index in [-0.39, 0.29) is 23.1 Å². The maximum absolute atomic E-state index is 13.3. The number of halogens is 1. The maximum atomic E-state index is 13.3. The lowest BCUT2D eigenvalue weighted by molar-refractivity contribution is 0.104. The van der Waals surface area contributed by atoms with Gasteiger partial charge in [0, 0.05) is 21.2 Å². The highest BCUT2D eigenvalue weighted by atomic mass is 32.1. The molecule has 3 aromatic carbocycles. The zero-order chi connectivity index (χ0) is 18.3.